The molecule has 0 atom stereocenters. The fourth-order valence-corrected chi connectivity index (χ4v) is 1.81. The minimum atomic E-state index is -0.421. The zero-order chi connectivity index (χ0) is 11.7. The van der Waals surface area contributed by atoms with E-state index >= 15 is 0 Å². The van der Waals surface area contributed by atoms with Crippen molar-refractivity contribution in [1.29, 1.82) is 0 Å². The van der Waals surface area contributed by atoms with Gasteiger partial charge in [0.15, 0.2) is 0 Å². The topological polar surface area (TPSA) is 38.3 Å². The highest BCUT2D eigenvalue weighted by Crippen LogP contribution is 2.41. The van der Waals surface area contributed by atoms with E-state index in [1.54, 1.807) is 0 Å². The van der Waals surface area contributed by atoms with Gasteiger partial charge in [-0.2, -0.15) is 0 Å². The molecule has 0 bridgehead atoms. The van der Waals surface area contributed by atoms with Crippen LogP contribution in [0.3, 0.4) is 0 Å². The van der Waals surface area contributed by atoms with Crippen LogP contribution >= 0.6 is 0 Å². The summed E-state index contributed by atoms with van der Waals surface area (Å²) < 4.78 is 5.17. The molecule has 0 unspecified atom stereocenters. The number of alkyl carbamates (subject to hydrolysis) is 1. The van der Waals surface area contributed by atoms with Gasteiger partial charge in [0.2, 0.25) is 0 Å². The van der Waals surface area contributed by atoms with Crippen LogP contribution < -0.4 is 5.32 Å². The minimum absolute atomic E-state index is 0.194. The number of amides is 1. The molecule has 15 heavy (non-hydrogen) atoms. The SMILES string of the molecule is C=CC1(C)CC(NC(=O)OC(C)(C)C)C1. The van der Waals surface area contributed by atoms with Crippen molar-refractivity contribution in [3.05, 3.63) is 12.7 Å². The second-order valence-electron chi connectivity index (χ2n) is 5.61. The lowest BCUT2D eigenvalue weighted by Crippen LogP contribution is -2.49. The van der Waals surface area contributed by atoms with E-state index in [1.165, 1.54) is 0 Å². The molecule has 0 radical (unpaired) electrons. The molecule has 1 saturated carbocycles. The molecule has 3 nitrogen and oxygen atoms in total. The quantitative estimate of drug-likeness (QED) is 0.713. The average Bonchev–Trinajstić information content (AvgIpc) is 1.97. The van der Waals surface area contributed by atoms with E-state index in [0.29, 0.717) is 0 Å². The Labute approximate surface area is 91.9 Å². The van der Waals surface area contributed by atoms with Crippen LogP contribution in [0.15, 0.2) is 12.7 Å². The molecular formula is C12H21NO2. The number of allylic oxidation sites excluding steroid dienone is 1. The van der Waals surface area contributed by atoms with Crippen molar-refractivity contribution in [2.75, 3.05) is 0 Å². The largest absolute Gasteiger partial charge is 0.444 e. The zero-order valence-electron chi connectivity index (χ0n) is 10.1. The van der Waals surface area contributed by atoms with Crippen molar-refractivity contribution in [3.8, 4) is 0 Å². The number of hydrogen-bond acceptors (Lipinski definition) is 2. The van der Waals surface area contributed by atoms with Crippen LogP contribution in [0, 0.1) is 5.41 Å². The van der Waals surface area contributed by atoms with E-state index in [4.69, 9.17) is 4.74 Å². The third-order valence-corrected chi connectivity index (χ3v) is 2.64. The van der Waals surface area contributed by atoms with Gasteiger partial charge in [0.1, 0.15) is 5.60 Å². The zero-order valence-corrected chi connectivity index (χ0v) is 10.1. The molecule has 1 aliphatic rings. The average molecular weight is 211 g/mol. The van der Waals surface area contributed by atoms with Gasteiger partial charge in [-0.15, -0.1) is 6.58 Å². The summed E-state index contributed by atoms with van der Waals surface area (Å²) >= 11 is 0. The summed E-state index contributed by atoms with van der Waals surface area (Å²) in [5, 5.41) is 2.85. The third-order valence-electron chi connectivity index (χ3n) is 2.64. The molecule has 1 amide bonds. The van der Waals surface area contributed by atoms with Gasteiger partial charge in [-0.05, 0) is 39.0 Å². The first-order chi connectivity index (χ1) is 6.74. The van der Waals surface area contributed by atoms with Crippen molar-refractivity contribution >= 4 is 6.09 Å². The fraction of sp³-hybridized carbons (Fsp3) is 0.750. The van der Waals surface area contributed by atoms with Crippen molar-refractivity contribution in [2.24, 2.45) is 5.41 Å². The molecular weight excluding hydrogens is 190 g/mol. The normalized spacial score (nSPS) is 30.3. The second-order valence-corrected chi connectivity index (χ2v) is 5.61. The Morgan fingerprint density at radius 1 is 1.53 bits per heavy atom. The Bertz CT molecular complexity index is 259. The predicted molar refractivity (Wildman–Crippen MR) is 60.7 cm³/mol. The minimum Gasteiger partial charge on any atom is -0.444 e. The lowest BCUT2D eigenvalue weighted by molar-refractivity contribution is 0.0420. The molecule has 3 heteroatoms. The summed E-state index contributed by atoms with van der Waals surface area (Å²) in [4.78, 5) is 11.4. The first-order valence-corrected chi connectivity index (χ1v) is 5.37. The number of carbonyl (C=O) groups is 1. The standard InChI is InChI=1S/C12H21NO2/c1-6-12(5)7-9(8-12)13-10(14)15-11(2,3)4/h6,9H,1,7-8H2,2-5H3,(H,13,14). The molecule has 0 aromatic heterocycles. The van der Waals surface area contributed by atoms with Crippen molar-refractivity contribution < 1.29 is 9.53 Å². The summed E-state index contributed by atoms with van der Waals surface area (Å²) in [5.41, 5.74) is -0.227. The summed E-state index contributed by atoms with van der Waals surface area (Å²) in [6, 6.07) is 0.239. The highest BCUT2D eigenvalue weighted by atomic mass is 16.6. The molecule has 0 aromatic carbocycles. The Morgan fingerprint density at radius 3 is 2.47 bits per heavy atom. The molecule has 86 valence electrons. The maximum absolute atomic E-state index is 11.4. The smallest absolute Gasteiger partial charge is 0.407 e. The molecule has 0 heterocycles. The van der Waals surface area contributed by atoms with Crippen LogP contribution in [0.4, 0.5) is 4.79 Å². The Balaban J connectivity index is 2.28. The third kappa shape index (κ3) is 3.57. The van der Waals surface area contributed by atoms with Crippen LogP contribution in [0.1, 0.15) is 40.5 Å². The van der Waals surface area contributed by atoms with Crippen LogP contribution in [-0.2, 0) is 4.74 Å². The maximum Gasteiger partial charge on any atom is 0.407 e. The Hall–Kier alpha value is -0.990. The van der Waals surface area contributed by atoms with E-state index in [1.807, 2.05) is 26.8 Å². The number of carbonyl (C=O) groups excluding carboxylic acids is 1. The molecule has 0 aliphatic heterocycles. The van der Waals surface area contributed by atoms with E-state index in [0.717, 1.165) is 12.8 Å². The lowest BCUT2D eigenvalue weighted by Gasteiger charge is -2.43. The van der Waals surface area contributed by atoms with Crippen LogP contribution in [0.5, 0.6) is 0 Å². The lowest BCUT2D eigenvalue weighted by atomic mass is 9.67. The monoisotopic (exact) mass is 211 g/mol. The fourth-order valence-electron chi connectivity index (χ4n) is 1.81. The van der Waals surface area contributed by atoms with Crippen LogP contribution in [0.25, 0.3) is 0 Å². The Morgan fingerprint density at radius 2 is 2.07 bits per heavy atom. The van der Waals surface area contributed by atoms with Gasteiger partial charge in [0.25, 0.3) is 0 Å². The van der Waals surface area contributed by atoms with Crippen molar-refractivity contribution in [2.45, 2.75) is 52.2 Å². The van der Waals surface area contributed by atoms with E-state index in [2.05, 4.69) is 18.8 Å². The van der Waals surface area contributed by atoms with Gasteiger partial charge >= 0.3 is 6.09 Å². The molecule has 1 rings (SSSR count). The number of hydrogen-bond donors (Lipinski definition) is 1. The predicted octanol–water partition coefficient (Wildman–Crippen LogP) is 2.87. The van der Waals surface area contributed by atoms with E-state index < -0.39 is 5.60 Å². The number of ether oxygens (including phenoxy) is 1. The van der Waals surface area contributed by atoms with Crippen molar-refractivity contribution in [3.63, 3.8) is 0 Å². The van der Waals surface area contributed by atoms with E-state index in [9.17, 15) is 4.79 Å². The van der Waals surface area contributed by atoms with E-state index in [-0.39, 0.29) is 17.6 Å². The highest BCUT2D eigenvalue weighted by Gasteiger charge is 2.38. The van der Waals surface area contributed by atoms with Gasteiger partial charge in [-0.1, -0.05) is 13.0 Å². The summed E-state index contributed by atoms with van der Waals surface area (Å²) in [6.45, 7) is 11.5. The van der Waals surface area contributed by atoms with Crippen molar-refractivity contribution in [1.82, 2.24) is 5.32 Å². The maximum atomic E-state index is 11.4. The molecule has 1 N–H and O–H groups in total. The molecule has 0 aromatic rings. The molecule has 0 spiro atoms. The van der Waals surface area contributed by atoms with Gasteiger partial charge in [-0.25, -0.2) is 4.79 Å². The summed E-state index contributed by atoms with van der Waals surface area (Å²) in [6.07, 6.45) is 3.55. The second kappa shape index (κ2) is 3.87. The van der Waals surface area contributed by atoms with Crippen LogP contribution in [-0.4, -0.2) is 17.7 Å². The molecule has 1 fully saturated rings. The number of rotatable bonds is 2. The first-order valence-electron chi connectivity index (χ1n) is 5.37. The molecule has 1 aliphatic carbocycles. The van der Waals surface area contributed by atoms with Crippen LogP contribution in [0.2, 0.25) is 0 Å². The summed E-state index contributed by atoms with van der Waals surface area (Å²) in [7, 11) is 0. The number of nitrogens with one attached hydrogen (secondary N) is 1. The van der Waals surface area contributed by atoms with Gasteiger partial charge in [-0.3, -0.25) is 0 Å². The summed E-state index contributed by atoms with van der Waals surface area (Å²) in [5.74, 6) is 0. The Kier molecular flexibility index (Phi) is 3.12. The van der Waals surface area contributed by atoms with Gasteiger partial charge < -0.3 is 10.1 Å². The van der Waals surface area contributed by atoms with Gasteiger partial charge in [0, 0.05) is 6.04 Å². The first kappa shape index (κ1) is 12.1. The highest BCUT2D eigenvalue weighted by molar-refractivity contribution is 5.68. The molecule has 0 saturated heterocycles. The van der Waals surface area contributed by atoms with Gasteiger partial charge in [0.05, 0.1) is 0 Å².